The molecule has 0 radical (unpaired) electrons. The molecule has 2 N–H and O–H groups in total. The number of benzene rings is 2. The van der Waals surface area contributed by atoms with Crippen molar-refractivity contribution in [3.63, 3.8) is 0 Å². The molecule has 0 aromatic heterocycles. The van der Waals surface area contributed by atoms with Gasteiger partial charge in [0.1, 0.15) is 0 Å². The topological polar surface area (TPSA) is 69.6 Å². The molecule has 7 heteroatoms. The van der Waals surface area contributed by atoms with Gasteiger partial charge in [0, 0.05) is 39.3 Å². The third-order valence-electron chi connectivity index (χ3n) is 5.46. The van der Waals surface area contributed by atoms with E-state index in [2.05, 4.69) is 52.4 Å². The third-order valence-corrected chi connectivity index (χ3v) is 5.46. The predicted molar refractivity (Wildman–Crippen MR) is 124 cm³/mol. The van der Waals surface area contributed by atoms with E-state index in [1.54, 1.807) is 26.4 Å². The van der Waals surface area contributed by atoms with E-state index in [4.69, 9.17) is 14.5 Å². The summed E-state index contributed by atoms with van der Waals surface area (Å²) in [6.45, 7) is 7.88. The summed E-state index contributed by atoms with van der Waals surface area (Å²) in [5.41, 5.74) is 2.10. The molecule has 1 fully saturated rings. The molecule has 2 aromatic carbocycles. The first-order valence-electron chi connectivity index (χ1n) is 10.8. The second-order valence-electron chi connectivity index (χ2n) is 7.57. The highest BCUT2D eigenvalue weighted by molar-refractivity contribution is 5.80. The van der Waals surface area contributed by atoms with E-state index in [1.165, 1.54) is 5.56 Å². The van der Waals surface area contributed by atoms with Gasteiger partial charge in [0.15, 0.2) is 17.5 Å². The Morgan fingerprint density at radius 2 is 1.74 bits per heavy atom. The summed E-state index contributed by atoms with van der Waals surface area (Å²) in [7, 11) is 3.19. The van der Waals surface area contributed by atoms with Gasteiger partial charge in [-0.25, -0.2) is 0 Å². The van der Waals surface area contributed by atoms with Gasteiger partial charge in [0.25, 0.3) is 0 Å². The lowest BCUT2D eigenvalue weighted by Gasteiger charge is -2.36. The molecule has 7 nitrogen and oxygen atoms in total. The van der Waals surface area contributed by atoms with Crippen LogP contribution in [0.3, 0.4) is 0 Å². The molecule has 2 aromatic rings. The number of nitrogens with zero attached hydrogens (tertiary/aromatic N) is 3. The van der Waals surface area contributed by atoms with Crippen molar-refractivity contribution in [1.29, 1.82) is 0 Å². The molecule has 1 atom stereocenters. The largest absolute Gasteiger partial charge is 0.493 e. The van der Waals surface area contributed by atoms with Crippen molar-refractivity contribution in [2.45, 2.75) is 19.6 Å². The molecule has 1 heterocycles. The number of aliphatic hydroxyl groups excluding tert-OH is 1. The lowest BCUT2D eigenvalue weighted by Crippen LogP contribution is -2.52. The normalized spacial score (nSPS) is 16.1. The van der Waals surface area contributed by atoms with Crippen LogP contribution in [0.15, 0.2) is 53.5 Å². The van der Waals surface area contributed by atoms with Crippen LogP contribution < -0.4 is 14.8 Å². The van der Waals surface area contributed by atoms with E-state index >= 15 is 0 Å². The van der Waals surface area contributed by atoms with Crippen LogP contribution in [0, 0.1) is 0 Å². The molecule has 0 saturated carbocycles. The summed E-state index contributed by atoms with van der Waals surface area (Å²) in [4.78, 5) is 9.45. The third kappa shape index (κ3) is 6.35. The molecular formula is C24H34N4O3. The number of methoxy groups -OCH3 is 2. The maximum absolute atomic E-state index is 10.7. The molecule has 3 rings (SSSR count). The first-order chi connectivity index (χ1) is 15.1. The molecule has 0 aliphatic carbocycles. The molecule has 0 amide bonds. The van der Waals surface area contributed by atoms with E-state index in [-0.39, 0.29) is 6.54 Å². The minimum absolute atomic E-state index is 0.280. The first-order valence-corrected chi connectivity index (χ1v) is 10.8. The lowest BCUT2D eigenvalue weighted by molar-refractivity contribution is 0.169. The Labute approximate surface area is 185 Å². The number of aliphatic hydroxyl groups is 1. The smallest absolute Gasteiger partial charge is 0.194 e. The van der Waals surface area contributed by atoms with Crippen LogP contribution >= 0.6 is 0 Å². The van der Waals surface area contributed by atoms with Crippen LogP contribution in [0.2, 0.25) is 0 Å². The fourth-order valence-electron chi connectivity index (χ4n) is 3.72. The summed E-state index contributed by atoms with van der Waals surface area (Å²) in [5.74, 6) is 2.09. The molecule has 1 aliphatic heterocycles. The average Bonchev–Trinajstić information content (AvgIpc) is 2.82. The van der Waals surface area contributed by atoms with E-state index in [1.807, 2.05) is 6.07 Å². The number of ether oxygens (including phenoxy) is 2. The van der Waals surface area contributed by atoms with Gasteiger partial charge in [0.05, 0.1) is 26.9 Å². The number of guanidine groups is 1. The average molecular weight is 427 g/mol. The van der Waals surface area contributed by atoms with Gasteiger partial charge in [-0.05, 0) is 30.2 Å². The number of hydrogen-bond acceptors (Lipinski definition) is 5. The van der Waals surface area contributed by atoms with Crippen molar-refractivity contribution in [3.8, 4) is 11.5 Å². The van der Waals surface area contributed by atoms with Crippen LogP contribution in [-0.4, -0.2) is 74.4 Å². The van der Waals surface area contributed by atoms with E-state index in [0.717, 1.165) is 50.8 Å². The van der Waals surface area contributed by atoms with Gasteiger partial charge >= 0.3 is 0 Å². The van der Waals surface area contributed by atoms with Gasteiger partial charge in [-0.2, -0.15) is 0 Å². The van der Waals surface area contributed by atoms with Crippen molar-refractivity contribution in [3.05, 3.63) is 59.7 Å². The Kier molecular flexibility index (Phi) is 8.55. The summed E-state index contributed by atoms with van der Waals surface area (Å²) < 4.78 is 10.6. The van der Waals surface area contributed by atoms with Crippen molar-refractivity contribution < 1.29 is 14.6 Å². The van der Waals surface area contributed by atoms with E-state index < -0.39 is 6.10 Å². The van der Waals surface area contributed by atoms with Crippen molar-refractivity contribution in [2.75, 3.05) is 53.5 Å². The summed E-state index contributed by atoms with van der Waals surface area (Å²) in [6.07, 6.45) is -0.715. The minimum atomic E-state index is -0.715. The van der Waals surface area contributed by atoms with Gasteiger partial charge in [-0.15, -0.1) is 0 Å². The highest BCUT2D eigenvalue weighted by Gasteiger charge is 2.20. The van der Waals surface area contributed by atoms with Crippen LogP contribution in [0.4, 0.5) is 0 Å². The standard InChI is InChI=1S/C24H34N4O3/c1-4-25-24(26-17-21(29)20-10-11-22(30-2)23(16-20)31-3)28-14-12-27(13-15-28)18-19-8-6-5-7-9-19/h5-11,16,21,29H,4,12-15,17-18H2,1-3H3,(H,25,26). The molecule has 1 saturated heterocycles. The molecule has 1 aliphatic rings. The van der Waals surface area contributed by atoms with Crippen molar-refractivity contribution >= 4 is 5.96 Å². The highest BCUT2D eigenvalue weighted by atomic mass is 16.5. The second-order valence-corrected chi connectivity index (χ2v) is 7.57. The van der Waals surface area contributed by atoms with Gasteiger partial charge in [-0.1, -0.05) is 36.4 Å². The fourth-order valence-corrected chi connectivity index (χ4v) is 3.72. The molecule has 31 heavy (non-hydrogen) atoms. The number of aliphatic imine (C=N–C) groups is 1. The van der Waals surface area contributed by atoms with Crippen LogP contribution in [0.5, 0.6) is 11.5 Å². The van der Waals surface area contributed by atoms with E-state index in [9.17, 15) is 5.11 Å². The molecule has 0 spiro atoms. The Hall–Kier alpha value is -2.77. The maximum Gasteiger partial charge on any atom is 0.194 e. The number of rotatable bonds is 8. The Bertz CT molecular complexity index is 836. The maximum atomic E-state index is 10.7. The van der Waals surface area contributed by atoms with Crippen molar-refractivity contribution in [2.24, 2.45) is 4.99 Å². The molecule has 0 bridgehead atoms. The SMILES string of the molecule is CCNC(=NCC(O)c1ccc(OC)c(OC)c1)N1CCN(Cc2ccccc2)CC1. The van der Waals surface area contributed by atoms with Gasteiger partial charge < -0.3 is 24.8 Å². The summed E-state index contributed by atoms with van der Waals surface area (Å²) in [5, 5.41) is 14.0. The van der Waals surface area contributed by atoms with Crippen LogP contribution in [-0.2, 0) is 6.54 Å². The van der Waals surface area contributed by atoms with Crippen LogP contribution in [0.1, 0.15) is 24.2 Å². The van der Waals surface area contributed by atoms with E-state index in [0.29, 0.717) is 11.5 Å². The fraction of sp³-hybridized carbons (Fsp3) is 0.458. The highest BCUT2D eigenvalue weighted by Crippen LogP contribution is 2.30. The van der Waals surface area contributed by atoms with Gasteiger partial charge in [0.2, 0.25) is 0 Å². The zero-order valence-corrected chi connectivity index (χ0v) is 18.8. The zero-order chi connectivity index (χ0) is 22.1. The summed E-state index contributed by atoms with van der Waals surface area (Å²) in [6, 6.07) is 16.0. The quantitative estimate of drug-likeness (QED) is 0.499. The second kappa shape index (κ2) is 11.6. The number of nitrogens with one attached hydrogen (secondary N) is 1. The Balaban J connectivity index is 1.59. The number of hydrogen-bond donors (Lipinski definition) is 2. The molecule has 168 valence electrons. The Morgan fingerprint density at radius 3 is 2.39 bits per heavy atom. The Morgan fingerprint density at radius 1 is 1.03 bits per heavy atom. The monoisotopic (exact) mass is 426 g/mol. The predicted octanol–water partition coefficient (Wildman–Crippen LogP) is 2.52. The minimum Gasteiger partial charge on any atom is -0.493 e. The first kappa shape index (κ1) is 22.9. The van der Waals surface area contributed by atoms with Crippen molar-refractivity contribution in [1.82, 2.24) is 15.1 Å². The number of piperazine rings is 1. The molecular weight excluding hydrogens is 392 g/mol. The van der Waals surface area contributed by atoms with Crippen LogP contribution in [0.25, 0.3) is 0 Å². The summed E-state index contributed by atoms with van der Waals surface area (Å²) >= 11 is 0. The van der Waals surface area contributed by atoms with Gasteiger partial charge in [-0.3, -0.25) is 9.89 Å². The zero-order valence-electron chi connectivity index (χ0n) is 18.8. The molecule has 1 unspecified atom stereocenters. The lowest BCUT2D eigenvalue weighted by atomic mass is 10.1.